The van der Waals surface area contributed by atoms with Crippen LogP contribution in [0.4, 0.5) is 34.9 Å². The van der Waals surface area contributed by atoms with E-state index in [2.05, 4.69) is 80.5 Å². The third-order valence-electron chi connectivity index (χ3n) is 18.7. The van der Waals surface area contributed by atoms with Gasteiger partial charge in [-0.05, 0) is 117 Å². The summed E-state index contributed by atoms with van der Waals surface area (Å²) in [7, 11) is 12.9. The number of hydrogen-bond acceptors (Lipinski definition) is 36. The number of hydrogen-bond donors (Lipinski definition) is 3. The summed E-state index contributed by atoms with van der Waals surface area (Å²) >= 11 is 10.0. The first kappa shape index (κ1) is 108. The van der Waals surface area contributed by atoms with Crippen LogP contribution in [0.5, 0.6) is 0 Å². The van der Waals surface area contributed by atoms with Gasteiger partial charge in [0.15, 0.2) is 0 Å². The fraction of sp³-hybridized carbons (Fsp3) is 0.718. The first-order chi connectivity index (χ1) is 60.7. The van der Waals surface area contributed by atoms with Crippen LogP contribution in [0.3, 0.4) is 0 Å². The largest absolute Gasteiger partial charge is 0.378 e. The Bertz CT molecular complexity index is 4540. The van der Waals surface area contributed by atoms with Gasteiger partial charge in [0.2, 0.25) is 0 Å². The first-order valence-electron chi connectivity index (χ1n) is 43.7. The topological polar surface area (TPSA) is 366 Å². The Labute approximate surface area is 773 Å². The standard InChI is InChI=1S/C15H25N3O3S.5C14H23N3O3S/c1-3-5-6-9-20-10-14-21-13(11-22-14)18-8-7-12(16-4-2)17-15(18)19;1-14(2,3)19-8-12-20-11(9-21-12)17-7-6-10(16(4)5)15-13(17)18;1-10(2)7-19-8-13-20-12(9-21-13)17-6-5-11(16(3)4)15-14(17)18;1-5-15-10-6-7-17(13(18)16-10)11-9-21-12(20-11)8-19-14(2,3)4;1-4-5-8-19-9-13-20-12(10-21-13)17-7-6-11(16(2)3)15-14(17)18;1-3-4-5-8-19-9-13-20-12(10-21-13)17-7-6-11(15-2)16-14(17)18/h7-8,13-14H,3-6,9-11H2,1-2H3,(H,16,17,19);6-7,11-12H,8-9H2,1-5H3;5-6,10,12-13H,7-9H2,1-4H3;6-7,11-12H,5,8-9H2,1-4H3,(H,15,16,18);6-7,12-13H,4-5,8-10H2,1-3H3;6-7,12-13H,3-5,8-10H2,1-2H3,(H,15,16,18)/t13-,14+;11-,12+;12-,13?;11-,12+;12-,13?;12-,13+/m111111/s1. The molecule has 6 aliphatic heterocycles. The molecule has 6 aromatic rings. The molecular formula is C85H140N18O18S6. The zero-order valence-corrected chi connectivity index (χ0v) is 82.7. The highest BCUT2D eigenvalue weighted by molar-refractivity contribution is 8.01. The van der Waals surface area contributed by atoms with E-state index in [1.165, 1.54) is 39.4 Å². The second-order valence-electron chi connectivity index (χ2n) is 32.8. The van der Waals surface area contributed by atoms with Crippen molar-refractivity contribution in [2.24, 2.45) is 5.92 Å². The van der Waals surface area contributed by atoms with E-state index >= 15 is 0 Å². The summed E-state index contributed by atoms with van der Waals surface area (Å²) in [6.07, 6.45) is 18.0. The van der Waals surface area contributed by atoms with Gasteiger partial charge in [0.25, 0.3) is 0 Å². The summed E-state index contributed by atoms with van der Waals surface area (Å²) in [6, 6.07) is 10.8. The molecule has 12 atom stereocenters. The SMILES string of the molecule is CC(C)COCC1O[C@@H](n2ccc(N(C)C)nc2=O)CS1.CCCCCOC[C@H]1O[C@@H](n2ccc(NC)nc2=O)CS1.CCCCCOC[C@H]1O[C@@H](n2ccc(NCC)nc2=O)CS1.CCCCOCC1O[C@@H](n2ccc(N(C)C)nc2=O)CS1.CCNc1ccn([C@H]2CS[C@@H](COC(C)(C)C)O2)c(=O)n1.CN(C)c1ccn([C@H]2CS[C@@H](COC(C)(C)C)O2)c(=O)n1. The van der Waals surface area contributed by atoms with Gasteiger partial charge in [-0.15, -0.1) is 70.6 Å². The molecule has 3 N–H and O–H groups in total. The molecule has 0 radical (unpaired) electrons. The molecule has 714 valence electrons. The highest BCUT2D eigenvalue weighted by Gasteiger charge is 2.35. The number of aromatic nitrogens is 12. The maximum atomic E-state index is 12.1. The van der Waals surface area contributed by atoms with E-state index in [9.17, 15) is 28.8 Å². The van der Waals surface area contributed by atoms with E-state index in [0.717, 1.165) is 99.7 Å². The Morgan fingerprint density at radius 1 is 0.370 bits per heavy atom. The van der Waals surface area contributed by atoms with Crippen molar-refractivity contribution in [2.75, 3.05) is 194 Å². The molecule has 127 heavy (non-hydrogen) atoms. The van der Waals surface area contributed by atoms with Crippen molar-refractivity contribution in [3.05, 3.63) is 136 Å². The number of unbranched alkanes of at least 4 members (excludes halogenated alkanes) is 5. The highest BCUT2D eigenvalue weighted by Crippen LogP contribution is 2.37. The maximum Gasteiger partial charge on any atom is 0.351 e. The minimum atomic E-state index is -0.295. The van der Waals surface area contributed by atoms with Crippen molar-refractivity contribution in [2.45, 2.75) is 223 Å². The molecule has 36 nitrogen and oxygen atoms in total. The second kappa shape index (κ2) is 56.5. The van der Waals surface area contributed by atoms with E-state index in [0.29, 0.717) is 80.5 Å². The smallest absolute Gasteiger partial charge is 0.351 e. The molecule has 12 heterocycles. The maximum absolute atomic E-state index is 12.1. The van der Waals surface area contributed by atoms with Gasteiger partial charge >= 0.3 is 34.1 Å². The van der Waals surface area contributed by atoms with Gasteiger partial charge in [0.1, 0.15) is 105 Å². The minimum Gasteiger partial charge on any atom is -0.378 e. The Kier molecular flexibility index (Phi) is 48.0. The molecule has 12 rings (SSSR count). The van der Waals surface area contributed by atoms with E-state index < -0.39 is 0 Å². The third kappa shape index (κ3) is 38.4. The van der Waals surface area contributed by atoms with Crippen LogP contribution < -0.4 is 64.8 Å². The van der Waals surface area contributed by atoms with Crippen molar-refractivity contribution >= 4 is 105 Å². The lowest BCUT2D eigenvalue weighted by Gasteiger charge is -2.22. The van der Waals surface area contributed by atoms with Crippen molar-refractivity contribution < 1.29 is 56.8 Å². The van der Waals surface area contributed by atoms with Gasteiger partial charge < -0.3 is 87.5 Å². The predicted molar refractivity (Wildman–Crippen MR) is 514 cm³/mol. The van der Waals surface area contributed by atoms with Gasteiger partial charge in [-0.25, -0.2) is 28.8 Å². The van der Waals surface area contributed by atoms with Crippen molar-refractivity contribution in [1.29, 1.82) is 0 Å². The number of anilines is 6. The van der Waals surface area contributed by atoms with Crippen LogP contribution in [0.15, 0.2) is 102 Å². The number of rotatable bonds is 39. The molecule has 6 aromatic heterocycles. The summed E-state index contributed by atoms with van der Waals surface area (Å²) in [5.41, 5.74) is -2.23. The third-order valence-corrected chi connectivity index (χ3v) is 25.3. The molecule has 0 aliphatic carbocycles. The van der Waals surface area contributed by atoms with Gasteiger partial charge in [-0.1, -0.05) is 66.7 Å². The van der Waals surface area contributed by atoms with Crippen LogP contribution in [0.2, 0.25) is 0 Å². The quantitative estimate of drug-likeness (QED) is 0.0302. The lowest BCUT2D eigenvalue weighted by atomic mass is 10.2. The number of nitrogens with zero attached hydrogens (tertiary/aromatic N) is 15. The van der Waals surface area contributed by atoms with Gasteiger partial charge in [-0.3, -0.25) is 27.4 Å². The lowest BCUT2D eigenvalue weighted by Crippen LogP contribution is -2.30. The summed E-state index contributed by atoms with van der Waals surface area (Å²) in [4.78, 5) is 102. The van der Waals surface area contributed by atoms with Crippen LogP contribution in [0, 0.1) is 5.92 Å². The summed E-state index contributed by atoms with van der Waals surface area (Å²) in [5, 5.41) is 8.90. The fourth-order valence-electron chi connectivity index (χ4n) is 12.0. The molecule has 2 unspecified atom stereocenters. The van der Waals surface area contributed by atoms with Crippen molar-refractivity contribution in [3.8, 4) is 0 Å². The van der Waals surface area contributed by atoms with Gasteiger partial charge in [0, 0.05) is 161 Å². The summed E-state index contributed by atoms with van der Waals surface area (Å²) < 4.78 is 78.3. The predicted octanol–water partition coefficient (Wildman–Crippen LogP) is 11.6. The fourth-order valence-corrected chi connectivity index (χ4v) is 18.0. The minimum absolute atomic E-state index is 0.00694. The number of thioether (sulfide) groups is 6. The molecule has 0 spiro atoms. The van der Waals surface area contributed by atoms with E-state index in [4.69, 9.17) is 56.8 Å². The van der Waals surface area contributed by atoms with Crippen LogP contribution >= 0.6 is 70.6 Å². The highest BCUT2D eigenvalue weighted by atomic mass is 32.2. The molecule has 6 fully saturated rings. The zero-order chi connectivity index (χ0) is 92.6. The average molecular weight is 1890 g/mol. The number of nitrogens with one attached hydrogen (secondary N) is 3. The van der Waals surface area contributed by atoms with Crippen molar-refractivity contribution in [1.82, 2.24) is 57.3 Å². The summed E-state index contributed by atoms with van der Waals surface area (Å²) in [6.45, 7) is 34.5. The Morgan fingerprint density at radius 2 is 0.622 bits per heavy atom. The van der Waals surface area contributed by atoms with Crippen LogP contribution in [-0.4, -0.2) is 264 Å². The first-order valence-corrected chi connectivity index (χ1v) is 50.0. The Morgan fingerprint density at radius 3 is 0.866 bits per heavy atom. The Hall–Kier alpha value is -6.30. The molecule has 6 aliphatic rings. The lowest BCUT2D eigenvalue weighted by molar-refractivity contribution is -0.0684. The van der Waals surface area contributed by atoms with E-state index in [1.807, 2.05) is 116 Å². The Balaban J connectivity index is 0.000000209. The molecule has 0 aromatic carbocycles. The average Bonchev–Trinajstić information content (AvgIpc) is 1.76. The monoisotopic (exact) mass is 1890 g/mol. The van der Waals surface area contributed by atoms with Crippen LogP contribution in [0.1, 0.15) is 179 Å². The van der Waals surface area contributed by atoms with E-state index in [1.54, 1.807) is 161 Å². The van der Waals surface area contributed by atoms with Crippen LogP contribution in [-0.2, 0) is 56.8 Å². The van der Waals surface area contributed by atoms with Crippen LogP contribution in [0.25, 0.3) is 0 Å². The van der Waals surface area contributed by atoms with Gasteiger partial charge in [-0.2, -0.15) is 29.9 Å². The molecule has 0 amide bonds. The zero-order valence-electron chi connectivity index (χ0n) is 77.8. The normalized spacial score (nSPS) is 21.9. The second-order valence-corrected chi connectivity index (χ2v) is 40.0. The number of ether oxygens (including phenoxy) is 12. The van der Waals surface area contributed by atoms with Crippen molar-refractivity contribution in [3.63, 3.8) is 0 Å². The molecule has 6 saturated heterocycles. The molecular weight excluding hydrogens is 1750 g/mol. The van der Waals surface area contributed by atoms with E-state index in [-0.39, 0.29) is 115 Å². The molecule has 42 heteroatoms. The van der Waals surface area contributed by atoms with Gasteiger partial charge in [0.05, 0.1) is 50.8 Å². The molecule has 0 saturated carbocycles. The summed E-state index contributed by atoms with van der Waals surface area (Å²) in [5.74, 6) is 8.63. The molecule has 0 bridgehead atoms.